The van der Waals surface area contributed by atoms with E-state index in [2.05, 4.69) is 19.3 Å². The molecule has 0 aliphatic carbocycles. The van der Waals surface area contributed by atoms with Crippen molar-refractivity contribution >= 4 is 5.91 Å². The molecule has 1 heterocycles. The number of hydrogen-bond acceptors (Lipinski definition) is 4. The van der Waals surface area contributed by atoms with Gasteiger partial charge >= 0.3 is 0 Å². The lowest BCUT2D eigenvalue weighted by Crippen LogP contribution is -2.37. The molecule has 2 atom stereocenters. The molecule has 0 bridgehead atoms. The van der Waals surface area contributed by atoms with Crippen LogP contribution in [-0.4, -0.2) is 41.7 Å². The summed E-state index contributed by atoms with van der Waals surface area (Å²) in [4.78, 5) is 19.7. The van der Waals surface area contributed by atoms with Crippen LogP contribution in [-0.2, 0) is 16.2 Å². The van der Waals surface area contributed by atoms with E-state index < -0.39 is 0 Å². The minimum Gasteiger partial charge on any atom is -0.395 e. The molecule has 1 aromatic carbocycles. The van der Waals surface area contributed by atoms with Crippen LogP contribution in [0.2, 0.25) is 0 Å². The fourth-order valence-corrected chi connectivity index (χ4v) is 2.88. The highest BCUT2D eigenvalue weighted by Crippen LogP contribution is 2.25. The van der Waals surface area contributed by atoms with Crippen LogP contribution < -0.4 is 5.48 Å². The third kappa shape index (κ3) is 4.53. The highest BCUT2D eigenvalue weighted by Gasteiger charge is 2.40. The standard InChI is InChI=1S/C17H26N2O3/c1-13(2)10-15-16(11-19(8-9-20)17(15)21)18-22-12-14-6-4-3-5-7-14/h3-7,13,15-16,18,20H,8-12H2,1-2H3/t15-,16+/m0/s1. The fraction of sp³-hybridized carbons (Fsp3) is 0.588. The number of carbonyl (C=O) groups is 1. The molecule has 1 aromatic rings. The number of aliphatic hydroxyl groups is 1. The van der Waals surface area contributed by atoms with E-state index in [9.17, 15) is 4.79 Å². The molecule has 1 aliphatic heterocycles. The molecule has 1 fully saturated rings. The van der Waals surface area contributed by atoms with Crippen LogP contribution in [0.4, 0.5) is 0 Å². The van der Waals surface area contributed by atoms with E-state index in [0.717, 1.165) is 12.0 Å². The summed E-state index contributed by atoms with van der Waals surface area (Å²) in [5.41, 5.74) is 4.15. The van der Waals surface area contributed by atoms with Gasteiger partial charge in [0.05, 0.1) is 25.2 Å². The molecule has 1 aliphatic rings. The van der Waals surface area contributed by atoms with E-state index in [0.29, 0.717) is 25.6 Å². The number of nitrogens with one attached hydrogen (secondary N) is 1. The number of rotatable bonds is 8. The van der Waals surface area contributed by atoms with Crippen LogP contribution >= 0.6 is 0 Å². The van der Waals surface area contributed by atoms with Crippen LogP contribution in [0.25, 0.3) is 0 Å². The van der Waals surface area contributed by atoms with E-state index >= 15 is 0 Å². The van der Waals surface area contributed by atoms with E-state index in [1.54, 1.807) is 4.90 Å². The van der Waals surface area contributed by atoms with Crippen LogP contribution in [0, 0.1) is 11.8 Å². The number of amides is 1. The number of hydroxylamine groups is 1. The van der Waals surface area contributed by atoms with Crippen molar-refractivity contribution < 1.29 is 14.7 Å². The Balaban J connectivity index is 1.90. The SMILES string of the molecule is CC(C)C[C@@H]1C(=O)N(CCO)C[C@H]1NOCc1ccccc1. The number of carbonyl (C=O) groups excluding carboxylic acids is 1. The van der Waals surface area contributed by atoms with Gasteiger partial charge in [0.2, 0.25) is 5.91 Å². The normalized spacial score (nSPS) is 21.8. The lowest BCUT2D eigenvalue weighted by Gasteiger charge is -2.19. The zero-order valence-corrected chi connectivity index (χ0v) is 13.4. The first-order chi connectivity index (χ1) is 10.6. The Bertz CT molecular complexity index is 464. The van der Waals surface area contributed by atoms with Crippen LogP contribution in [0.5, 0.6) is 0 Å². The Morgan fingerprint density at radius 1 is 1.36 bits per heavy atom. The summed E-state index contributed by atoms with van der Waals surface area (Å²) in [6.45, 7) is 5.68. The second-order valence-corrected chi connectivity index (χ2v) is 6.24. The van der Waals surface area contributed by atoms with E-state index in [1.165, 1.54) is 0 Å². The Labute approximate surface area is 132 Å². The molecule has 22 heavy (non-hydrogen) atoms. The maximum atomic E-state index is 12.4. The van der Waals surface area contributed by atoms with E-state index in [4.69, 9.17) is 9.94 Å². The Morgan fingerprint density at radius 2 is 2.09 bits per heavy atom. The summed E-state index contributed by atoms with van der Waals surface area (Å²) in [5, 5.41) is 9.08. The van der Waals surface area contributed by atoms with Gasteiger partial charge in [-0.2, -0.15) is 5.48 Å². The van der Waals surface area contributed by atoms with E-state index in [-0.39, 0.29) is 24.5 Å². The molecule has 0 saturated carbocycles. The quantitative estimate of drug-likeness (QED) is 0.716. The number of β-amino-alcohol motifs (C(OH)–C–C–N with tert-alkyl or cyclic N) is 1. The smallest absolute Gasteiger partial charge is 0.227 e. The molecular weight excluding hydrogens is 280 g/mol. The zero-order valence-electron chi connectivity index (χ0n) is 13.4. The largest absolute Gasteiger partial charge is 0.395 e. The highest BCUT2D eigenvalue weighted by molar-refractivity contribution is 5.82. The van der Waals surface area contributed by atoms with Gasteiger partial charge in [-0.3, -0.25) is 9.63 Å². The van der Waals surface area contributed by atoms with Crippen LogP contribution in [0.1, 0.15) is 25.8 Å². The number of aliphatic hydroxyl groups excluding tert-OH is 1. The molecule has 5 heteroatoms. The Morgan fingerprint density at radius 3 is 2.73 bits per heavy atom. The van der Waals surface area contributed by atoms with Gasteiger partial charge in [0.15, 0.2) is 0 Å². The lowest BCUT2D eigenvalue weighted by molar-refractivity contribution is -0.132. The zero-order chi connectivity index (χ0) is 15.9. The average Bonchev–Trinajstić information content (AvgIpc) is 2.77. The minimum absolute atomic E-state index is 0.00225. The van der Waals surface area contributed by atoms with Crippen molar-refractivity contribution in [2.45, 2.75) is 32.9 Å². The topological polar surface area (TPSA) is 61.8 Å². The predicted octanol–water partition coefficient (Wildman–Crippen LogP) is 1.57. The number of nitrogens with zero attached hydrogens (tertiary/aromatic N) is 1. The average molecular weight is 306 g/mol. The molecule has 2 N–H and O–H groups in total. The summed E-state index contributed by atoms with van der Waals surface area (Å²) >= 11 is 0. The van der Waals surface area contributed by atoms with Crippen molar-refractivity contribution in [3.05, 3.63) is 35.9 Å². The second kappa shape index (κ2) is 8.27. The lowest BCUT2D eigenvalue weighted by atomic mass is 9.93. The number of likely N-dealkylation sites (tertiary alicyclic amines) is 1. The van der Waals surface area contributed by atoms with Gasteiger partial charge in [-0.05, 0) is 17.9 Å². The third-order valence-corrected chi connectivity index (χ3v) is 3.94. The first-order valence-electron chi connectivity index (χ1n) is 7.92. The van der Waals surface area contributed by atoms with Crippen LogP contribution in [0.15, 0.2) is 30.3 Å². The first kappa shape index (κ1) is 16.9. The van der Waals surface area contributed by atoms with Crippen molar-refractivity contribution in [1.29, 1.82) is 0 Å². The number of hydrogen-bond donors (Lipinski definition) is 2. The molecule has 5 nitrogen and oxygen atoms in total. The summed E-state index contributed by atoms with van der Waals surface area (Å²) in [7, 11) is 0. The maximum absolute atomic E-state index is 12.4. The summed E-state index contributed by atoms with van der Waals surface area (Å²) in [5.74, 6) is 0.479. The van der Waals surface area contributed by atoms with Crippen molar-refractivity contribution in [3.8, 4) is 0 Å². The molecule has 0 aromatic heterocycles. The van der Waals surface area contributed by atoms with Crippen molar-refractivity contribution in [2.75, 3.05) is 19.7 Å². The van der Waals surface area contributed by atoms with Crippen molar-refractivity contribution in [1.82, 2.24) is 10.4 Å². The number of benzene rings is 1. The fourth-order valence-electron chi connectivity index (χ4n) is 2.88. The van der Waals surface area contributed by atoms with E-state index in [1.807, 2.05) is 30.3 Å². The highest BCUT2D eigenvalue weighted by atomic mass is 16.6. The van der Waals surface area contributed by atoms with Gasteiger partial charge in [0.1, 0.15) is 0 Å². The van der Waals surface area contributed by atoms with Gasteiger partial charge in [-0.25, -0.2) is 0 Å². The summed E-state index contributed by atoms with van der Waals surface area (Å²) < 4.78 is 0. The first-order valence-corrected chi connectivity index (χ1v) is 7.92. The molecule has 0 unspecified atom stereocenters. The Hall–Kier alpha value is -1.43. The van der Waals surface area contributed by atoms with Crippen molar-refractivity contribution in [2.24, 2.45) is 11.8 Å². The molecule has 122 valence electrons. The molecule has 1 amide bonds. The van der Waals surface area contributed by atoms with Gasteiger partial charge in [-0.1, -0.05) is 44.2 Å². The van der Waals surface area contributed by atoms with Gasteiger partial charge in [0, 0.05) is 13.1 Å². The van der Waals surface area contributed by atoms with Gasteiger partial charge < -0.3 is 10.0 Å². The summed E-state index contributed by atoms with van der Waals surface area (Å²) in [6.07, 6.45) is 0.827. The maximum Gasteiger partial charge on any atom is 0.227 e. The third-order valence-electron chi connectivity index (χ3n) is 3.94. The van der Waals surface area contributed by atoms with Crippen molar-refractivity contribution in [3.63, 3.8) is 0 Å². The van der Waals surface area contributed by atoms with Gasteiger partial charge in [0.25, 0.3) is 0 Å². The monoisotopic (exact) mass is 306 g/mol. The van der Waals surface area contributed by atoms with Gasteiger partial charge in [-0.15, -0.1) is 0 Å². The molecular formula is C17H26N2O3. The minimum atomic E-state index is -0.0812. The molecule has 1 saturated heterocycles. The summed E-state index contributed by atoms with van der Waals surface area (Å²) in [6, 6.07) is 9.91. The molecule has 0 radical (unpaired) electrons. The Kier molecular flexibility index (Phi) is 6.36. The molecule has 2 rings (SSSR count). The molecule has 0 spiro atoms. The predicted molar refractivity (Wildman–Crippen MR) is 84.8 cm³/mol. The second-order valence-electron chi connectivity index (χ2n) is 6.24. The van der Waals surface area contributed by atoms with Crippen LogP contribution in [0.3, 0.4) is 0 Å².